The number of hydrogen-bond donors (Lipinski definition) is 3. The van der Waals surface area contributed by atoms with E-state index in [1.54, 1.807) is 0 Å². The summed E-state index contributed by atoms with van der Waals surface area (Å²) < 4.78 is 4.88. The summed E-state index contributed by atoms with van der Waals surface area (Å²) in [6, 6.07) is -1.62. The van der Waals surface area contributed by atoms with Crippen molar-refractivity contribution >= 4 is 17.7 Å². The number of carbonyl (C=O) groups is 3. The highest BCUT2D eigenvalue weighted by Gasteiger charge is 2.27. The number of primary amides is 1. The van der Waals surface area contributed by atoms with E-state index >= 15 is 0 Å². The molecule has 122 valence electrons. The van der Waals surface area contributed by atoms with Crippen molar-refractivity contribution in [3.63, 3.8) is 0 Å². The molecule has 0 spiro atoms. The van der Waals surface area contributed by atoms with Gasteiger partial charge in [0.1, 0.15) is 12.3 Å². The summed E-state index contributed by atoms with van der Waals surface area (Å²) in [4.78, 5) is 38.6. The van der Waals surface area contributed by atoms with Gasteiger partial charge in [-0.3, -0.25) is 9.59 Å². The number of ketones is 1. The highest BCUT2D eigenvalue weighted by Crippen LogP contribution is 2.04. The predicted molar refractivity (Wildman–Crippen MR) is 79.1 cm³/mol. The molecule has 0 aliphatic heterocycles. The van der Waals surface area contributed by atoms with Crippen LogP contribution in [0.4, 0.5) is 4.79 Å². The summed E-state index contributed by atoms with van der Waals surface area (Å²) in [5.41, 5.74) is 5.10. The lowest BCUT2D eigenvalue weighted by molar-refractivity contribution is -0.118. The third kappa shape index (κ3) is 6.38. The van der Waals surface area contributed by atoms with E-state index in [0.29, 0.717) is 6.54 Å². The number of oxazole rings is 1. The first-order valence-corrected chi connectivity index (χ1v) is 7.31. The zero-order valence-corrected chi connectivity index (χ0v) is 12.6. The molecule has 0 unspecified atom stereocenters. The first-order valence-electron chi connectivity index (χ1n) is 7.31. The molecule has 1 aromatic rings. The highest BCUT2D eigenvalue weighted by molar-refractivity contribution is 6.00. The molecule has 1 rings (SSSR count). The molecule has 3 amide bonds. The number of urea groups is 1. The smallest absolute Gasteiger partial charge is 0.315 e. The molecule has 1 atom stereocenters. The molecule has 8 nitrogen and oxygen atoms in total. The standard InChI is InChI=1S/C14H22N4O4/c1-2-3-4-5-6-17-14(21)18-10(9-11(15)19)12(20)13-16-7-8-22-13/h7-8,10H,2-6,9H2,1H3,(H2,15,19)(H2,17,18,21)/t10-/m1/s1. The molecule has 0 saturated carbocycles. The zero-order chi connectivity index (χ0) is 16.4. The number of amides is 3. The van der Waals surface area contributed by atoms with Gasteiger partial charge in [-0.25, -0.2) is 9.78 Å². The minimum atomic E-state index is -1.09. The minimum Gasteiger partial charge on any atom is -0.442 e. The molecule has 8 heteroatoms. The number of Topliss-reactive ketones (excluding diaryl/α,β-unsaturated/α-hetero) is 1. The lowest BCUT2D eigenvalue weighted by Gasteiger charge is -2.15. The molecule has 22 heavy (non-hydrogen) atoms. The van der Waals surface area contributed by atoms with E-state index in [9.17, 15) is 14.4 Å². The SMILES string of the molecule is CCCCCCNC(=O)N[C@H](CC(N)=O)C(=O)c1ncco1. The van der Waals surface area contributed by atoms with Crippen molar-refractivity contribution in [2.75, 3.05) is 6.54 Å². The minimum absolute atomic E-state index is 0.172. The van der Waals surface area contributed by atoms with Gasteiger partial charge in [0.15, 0.2) is 0 Å². The van der Waals surface area contributed by atoms with E-state index in [0.717, 1.165) is 25.7 Å². The highest BCUT2D eigenvalue weighted by atomic mass is 16.3. The summed E-state index contributed by atoms with van der Waals surface area (Å²) in [7, 11) is 0. The summed E-state index contributed by atoms with van der Waals surface area (Å²) in [5, 5.41) is 5.07. The lowest BCUT2D eigenvalue weighted by atomic mass is 10.1. The zero-order valence-electron chi connectivity index (χ0n) is 12.6. The predicted octanol–water partition coefficient (Wildman–Crippen LogP) is 0.981. The number of nitrogens with zero attached hydrogens (tertiary/aromatic N) is 1. The molecule has 4 N–H and O–H groups in total. The number of aromatic nitrogens is 1. The number of unbranched alkanes of at least 4 members (excludes halogenated alkanes) is 3. The van der Waals surface area contributed by atoms with Crippen molar-refractivity contribution in [2.24, 2.45) is 5.73 Å². The van der Waals surface area contributed by atoms with E-state index in [1.165, 1.54) is 12.5 Å². The van der Waals surface area contributed by atoms with Crippen molar-refractivity contribution in [2.45, 2.75) is 45.1 Å². The van der Waals surface area contributed by atoms with Crippen molar-refractivity contribution in [1.82, 2.24) is 15.6 Å². The van der Waals surface area contributed by atoms with Crippen molar-refractivity contribution in [1.29, 1.82) is 0 Å². The average molecular weight is 310 g/mol. The van der Waals surface area contributed by atoms with Crippen molar-refractivity contribution in [3.8, 4) is 0 Å². The molecule has 0 aliphatic carbocycles. The number of nitrogens with one attached hydrogen (secondary N) is 2. The number of hydrogen-bond acceptors (Lipinski definition) is 5. The Hall–Kier alpha value is -2.38. The number of nitrogens with two attached hydrogens (primary N) is 1. The maximum atomic E-state index is 12.1. The Morgan fingerprint density at radius 3 is 2.68 bits per heavy atom. The fourth-order valence-corrected chi connectivity index (χ4v) is 1.87. The second kappa shape index (κ2) is 9.54. The van der Waals surface area contributed by atoms with Crippen molar-refractivity contribution < 1.29 is 18.8 Å². The Bertz CT molecular complexity index is 487. The summed E-state index contributed by atoms with van der Waals surface area (Å²) >= 11 is 0. The van der Waals surface area contributed by atoms with Crippen LogP contribution in [0.15, 0.2) is 16.9 Å². The van der Waals surface area contributed by atoms with Crippen LogP contribution in [0.5, 0.6) is 0 Å². The van der Waals surface area contributed by atoms with Gasteiger partial charge < -0.3 is 20.8 Å². The van der Waals surface area contributed by atoms with Crippen LogP contribution in [0.2, 0.25) is 0 Å². The fraction of sp³-hybridized carbons (Fsp3) is 0.571. The molecular weight excluding hydrogens is 288 g/mol. The van der Waals surface area contributed by atoms with Gasteiger partial charge in [0.25, 0.3) is 5.89 Å². The van der Waals surface area contributed by atoms with Crippen LogP contribution in [0.1, 0.15) is 49.7 Å². The Morgan fingerprint density at radius 2 is 2.09 bits per heavy atom. The normalized spacial score (nSPS) is 11.7. The Balaban J connectivity index is 2.49. The second-order valence-electron chi connectivity index (χ2n) is 4.89. The van der Waals surface area contributed by atoms with E-state index < -0.39 is 23.8 Å². The quantitative estimate of drug-likeness (QED) is 0.438. The molecule has 0 radical (unpaired) electrons. The summed E-state index contributed by atoms with van der Waals surface area (Å²) in [6.07, 6.45) is 6.33. The van der Waals surface area contributed by atoms with Gasteiger partial charge in [-0.05, 0) is 6.42 Å². The van der Waals surface area contributed by atoms with Crippen LogP contribution in [-0.2, 0) is 4.79 Å². The molecule has 0 saturated heterocycles. The van der Waals surface area contributed by atoms with E-state index in [-0.39, 0.29) is 12.3 Å². The van der Waals surface area contributed by atoms with Crippen LogP contribution in [0.3, 0.4) is 0 Å². The maximum absolute atomic E-state index is 12.1. The van der Waals surface area contributed by atoms with Crippen LogP contribution in [-0.4, -0.2) is 35.3 Å². The third-order valence-electron chi connectivity index (χ3n) is 2.99. The Kier molecular flexibility index (Phi) is 7.66. The largest absolute Gasteiger partial charge is 0.442 e. The molecule has 0 fully saturated rings. The van der Waals surface area contributed by atoms with Gasteiger partial charge in [0.2, 0.25) is 11.7 Å². The summed E-state index contributed by atoms with van der Waals surface area (Å²) in [6.45, 7) is 2.60. The van der Waals surface area contributed by atoms with Crippen LogP contribution in [0.25, 0.3) is 0 Å². The van der Waals surface area contributed by atoms with Gasteiger partial charge in [0.05, 0.1) is 12.6 Å². The second-order valence-corrected chi connectivity index (χ2v) is 4.89. The van der Waals surface area contributed by atoms with Gasteiger partial charge in [-0.1, -0.05) is 26.2 Å². The topological polar surface area (TPSA) is 127 Å². The van der Waals surface area contributed by atoms with Gasteiger partial charge in [-0.2, -0.15) is 0 Å². The number of carbonyl (C=O) groups excluding carboxylic acids is 3. The maximum Gasteiger partial charge on any atom is 0.315 e. The number of rotatable bonds is 10. The summed E-state index contributed by atoms with van der Waals surface area (Å²) in [5.74, 6) is -1.47. The lowest BCUT2D eigenvalue weighted by Crippen LogP contribution is -2.48. The van der Waals surface area contributed by atoms with Crippen LogP contribution in [0, 0.1) is 0 Å². The Morgan fingerprint density at radius 1 is 1.32 bits per heavy atom. The van der Waals surface area contributed by atoms with Gasteiger partial charge in [0, 0.05) is 6.54 Å². The van der Waals surface area contributed by atoms with Crippen LogP contribution >= 0.6 is 0 Å². The van der Waals surface area contributed by atoms with Crippen LogP contribution < -0.4 is 16.4 Å². The van der Waals surface area contributed by atoms with Gasteiger partial charge >= 0.3 is 6.03 Å². The molecule has 0 aliphatic rings. The van der Waals surface area contributed by atoms with E-state index in [4.69, 9.17) is 10.2 Å². The first kappa shape index (κ1) is 17.7. The van der Waals surface area contributed by atoms with Crippen molar-refractivity contribution in [3.05, 3.63) is 18.4 Å². The van der Waals surface area contributed by atoms with E-state index in [1.807, 2.05) is 0 Å². The fourth-order valence-electron chi connectivity index (χ4n) is 1.87. The molecule has 0 aromatic carbocycles. The molecular formula is C14H22N4O4. The third-order valence-corrected chi connectivity index (χ3v) is 2.99. The van der Waals surface area contributed by atoms with Gasteiger partial charge in [-0.15, -0.1) is 0 Å². The molecule has 0 bridgehead atoms. The monoisotopic (exact) mass is 310 g/mol. The van der Waals surface area contributed by atoms with E-state index in [2.05, 4.69) is 22.5 Å². The first-order chi connectivity index (χ1) is 10.5. The average Bonchev–Trinajstić information content (AvgIpc) is 2.99. The molecule has 1 heterocycles. The Labute approximate surface area is 128 Å². The molecule has 1 aromatic heterocycles.